The van der Waals surface area contributed by atoms with Crippen LogP contribution in [-0.4, -0.2) is 35.4 Å². The molecule has 3 atom stereocenters. The molecular formula is C22H38O5. The van der Waals surface area contributed by atoms with Crippen LogP contribution in [0, 0.1) is 11.8 Å². The van der Waals surface area contributed by atoms with E-state index in [4.69, 9.17) is 4.74 Å². The van der Waals surface area contributed by atoms with Crippen molar-refractivity contribution in [2.24, 2.45) is 11.8 Å². The van der Waals surface area contributed by atoms with Gasteiger partial charge in [0.25, 0.3) is 0 Å². The lowest BCUT2D eigenvalue weighted by Gasteiger charge is -2.20. The predicted molar refractivity (Wildman–Crippen MR) is 105 cm³/mol. The van der Waals surface area contributed by atoms with E-state index in [9.17, 15) is 19.5 Å². The Morgan fingerprint density at radius 2 is 1.67 bits per heavy atom. The molecule has 0 bridgehead atoms. The van der Waals surface area contributed by atoms with E-state index in [0.717, 1.165) is 51.4 Å². The SMILES string of the molecule is CCCCCC(=O)CCC1C(O)CC(=O)C1CCCCCCC(=O)OCC. The van der Waals surface area contributed by atoms with Gasteiger partial charge in [-0.05, 0) is 38.5 Å². The molecule has 1 rings (SSSR count). The van der Waals surface area contributed by atoms with Crippen molar-refractivity contribution >= 4 is 17.5 Å². The highest BCUT2D eigenvalue weighted by atomic mass is 16.5. The number of hydrogen-bond acceptors (Lipinski definition) is 5. The van der Waals surface area contributed by atoms with Gasteiger partial charge in [0.2, 0.25) is 0 Å². The van der Waals surface area contributed by atoms with Crippen LogP contribution in [0.3, 0.4) is 0 Å². The molecule has 5 heteroatoms. The van der Waals surface area contributed by atoms with Gasteiger partial charge >= 0.3 is 5.97 Å². The van der Waals surface area contributed by atoms with Crippen molar-refractivity contribution in [1.29, 1.82) is 0 Å². The van der Waals surface area contributed by atoms with E-state index >= 15 is 0 Å². The molecule has 27 heavy (non-hydrogen) atoms. The summed E-state index contributed by atoms with van der Waals surface area (Å²) in [6, 6.07) is 0. The van der Waals surface area contributed by atoms with E-state index in [1.807, 2.05) is 0 Å². The van der Waals surface area contributed by atoms with Crippen LogP contribution in [-0.2, 0) is 19.1 Å². The molecule has 5 nitrogen and oxygen atoms in total. The molecule has 0 heterocycles. The van der Waals surface area contributed by atoms with Gasteiger partial charge in [0, 0.05) is 31.6 Å². The summed E-state index contributed by atoms with van der Waals surface area (Å²) in [5.74, 6) is 0.0982. The van der Waals surface area contributed by atoms with Gasteiger partial charge in [0.05, 0.1) is 12.7 Å². The van der Waals surface area contributed by atoms with Gasteiger partial charge in [-0.2, -0.15) is 0 Å². The summed E-state index contributed by atoms with van der Waals surface area (Å²) in [6.07, 6.45) is 9.40. The van der Waals surface area contributed by atoms with E-state index in [0.29, 0.717) is 32.3 Å². The molecule has 1 N–H and O–H groups in total. The third-order valence-electron chi connectivity index (χ3n) is 5.60. The summed E-state index contributed by atoms with van der Waals surface area (Å²) in [6.45, 7) is 4.35. The smallest absolute Gasteiger partial charge is 0.305 e. The van der Waals surface area contributed by atoms with Gasteiger partial charge in [-0.25, -0.2) is 0 Å². The van der Waals surface area contributed by atoms with Crippen molar-refractivity contribution in [2.45, 2.75) is 103 Å². The molecule has 0 aromatic rings. The number of hydrogen-bond donors (Lipinski definition) is 1. The number of rotatable bonds is 15. The van der Waals surface area contributed by atoms with Gasteiger partial charge in [-0.1, -0.05) is 39.0 Å². The highest BCUT2D eigenvalue weighted by Gasteiger charge is 2.40. The summed E-state index contributed by atoms with van der Waals surface area (Å²) >= 11 is 0. The molecule has 1 fully saturated rings. The van der Waals surface area contributed by atoms with Gasteiger partial charge in [-0.3, -0.25) is 14.4 Å². The summed E-state index contributed by atoms with van der Waals surface area (Å²) in [5, 5.41) is 10.2. The van der Waals surface area contributed by atoms with Crippen molar-refractivity contribution in [3.63, 3.8) is 0 Å². The average Bonchev–Trinajstić information content (AvgIpc) is 2.89. The van der Waals surface area contributed by atoms with Crippen LogP contribution in [0.25, 0.3) is 0 Å². The first-order chi connectivity index (χ1) is 13.0. The molecule has 0 spiro atoms. The van der Waals surface area contributed by atoms with Gasteiger partial charge < -0.3 is 9.84 Å². The van der Waals surface area contributed by atoms with E-state index < -0.39 is 6.10 Å². The third-order valence-corrected chi connectivity index (χ3v) is 5.60. The Balaban J connectivity index is 2.27. The Labute approximate surface area is 164 Å². The zero-order chi connectivity index (χ0) is 20.1. The van der Waals surface area contributed by atoms with Crippen molar-refractivity contribution in [3.8, 4) is 0 Å². The minimum Gasteiger partial charge on any atom is -0.466 e. The topological polar surface area (TPSA) is 80.7 Å². The molecule has 0 radical (unpaired) electrons. The second kappa shape index (κ2) is 13.9. The largest absolute Gasteiger partial charge is 0.466 e. The minimum atomic E-state index is -0.588. The lowest BCUT2D eigenvalue weighted by molar-refractivity contribution is -0.143. The molecule has 0 aromatic heterocycles. The molecule has 0 aromatic carbocycles. The standard InChI is InChI=1S/C22H38O5/c1-3-5-8-11-17(23)14-15-19-18(20(24)16-21(19)25)12-9-6-7-10-13-22(26)27-4-2/h18-19,21,25H,3-16H2,1-2H3. The monoisotopic (exact) mass is 382 g/mol. The van der Waals surface area contributed by atoms with Crippen LogP contribution in [0.5, 0.6) is 0 Å². The second-order valence-electron chi connectivity index (χ2n) is 7.80. The number of aliphatic hydroxyl groups is 1. The second-order valence-corrected chi connectivity index (χ2v) is 7.80. The minimum absolute atomic E-state index is 0.0628. The number of unbranched alkanes of at least 4 members (excludes halogenated alkanes) is 5. The summed E-state index contributed by atoms with van der Waals surface area (Å²) < 4.78 is 4.91. The molecule has 1 aliphatic carbocycles. The molecule has 0 amide bonds. The molecule has 3 unspecified atom stereocenters. The summed E-state index contributed by atoms with van der Waals surface area (Å²) in [5.41, 5.74) is 0. The average molecular weight is 383 g/mol. The first-order valence-electron chi connectivity index (χ1n) is 10.9. The number of ether oxygens (including phenoxy) is 1. The number of esters is 1. The van der Waals surface area contributed by atoms with Crippen molar-refractivity contribution in [1.82, 2.24) is 0 Å². The van der Waals surface area contributed by atoms with Gasteiger partial charge in [-0.15, -0.1) is 0 Å². The number of carbonyl (C=O) groups is 3. The predicted octanol–water partition coefficient (Wildman–Crippen LogP) is 4.39. The molecule has 0 saturated heterocycles. The molecular weight excluding hydrogens is 344 g/mol. The third kappa shape index (κ3) is 9.50. The number of aliphatic hydroxyl groups excluding tert-OH is 1. The molecule has 0 aliphatic heterocycles. The molecule has 156 valence electrons. The van der Waals surface area contributed by atoms with Crippen LogP contribution < -0.4 is 0 Å². The number of carbonyl (C=O) groups excluding carboxylic acids is 3. The van der Waals surface area contributed by atoms with E-state index in [2.05, 4.69) is 6.92 Å². The lowest BCUT2D eigenvalue weighted by Crippen LogP contribution is -2.21. The van der Waals surface area contributed by atoms with Crippen LogP contribution >= 0.6 is 0 Å². The zero-order valence-electron chi connectivity index (χ0n) is 17.2. The Morgan fingerprint density at radius 1 is 0.963 bits per heavy atom. The van der Waals surface area contributed by atoms with E-state index in [-0.39, 0.29) is 35.8 Å². The molecule has 1 saturated carbocycles. The van der Waals surface area contributed by atoms with Gasteiger partial charge in [0.1, 0.15) is 11.6 Å². The summed E-state index contributed by atoms with van der Waals surface area (Å²) in [4.78, 5) is 35.5. The maximum atomic E-state index is 12.2. The first kappa shape index (κ1) is 23.8. The highest BCUT2D eigenvalue weighted by Crippen LogP contribution is 2.36. The Kier molecular flexibility index (Phi) is 12.2. The normalized spacial score (nSPS) is 22.2. The number of ketones is 2. The quantitative estimate of drug-likeness (QED) is 0.336. The van der Waals surface area contributed by atoms with Crippen molar-refractivity contribution in [2.75, 3.05) is 6.61 Å². The zero-order valence-corrected chi connectivity index (χ0v) is 17.2. The van der Waals surface area contributed by atoms with Gasteiger partial charge in [0.15, 0.2) is 0 Å². The first-order valence-corrected chi connectivity index (χ1v) is 10.9. The maximum Gasteiger partial charge on any atom is 0.305 e. The van der Waals surface area contributed by atoms with Crippen LogP contribution in [0.4, 0.5) is 0 Å². The maximum absolute atomic E-state index is 12.2. The van der Waals surface area contributed by atoms with Crippen LogP contribution in [0.15, 0.2) is 0 Å². The van der Waals surface area contributed by atoms with Crippen molar-refractivity contribution in [3.05, 3.63) is 0 Å². The van der Waals surface area contributed by atoms with E-state index in [1.165, 1.54) is 0 Å². The van der Waals surface area contributed by atoms with Crippen LogP contribution in [0.1, 0.15) is 97.3 Å². The van der Waals surface area contributed by atoms with Crippen molar-refractivity contribution < 1.29 is 24.2 Å². The lowest BCUT2D eigenvalue weighted by atomic mass is 9.85. The van der Waals surface area contributed by atoms with Crippen LogP contribution in [0.2, 0.25) is 0 Å². The number of Topliss-reactive ketones (excluding diaryl/α,β-unsaturated/α-hetero) is 2. The fourth-order valence-corrected chi connectivity index (χ4v) is 4.03. The Hall–Kier alpha value is -1.23. The summed E-state index contributed by atoms with van der Waals surface area (Å²) in [7, 11) is 0. The molecule has 1 aliphatic rings. The Bertz CT molecular complexity index is 460. The van der Waals surface area contributed by atoms with E-state index in [1.54, 1.807) is 6.92 Å². The fraction of sp³-hybridized carbons (Fsp3) is 0.864. The Morgan fingerprint density at radius 3 is 2.37 bits per heavy atom. The fourth-order valence-electron chi connectivity index (χ4n) is 4.03. The highest BCUT2D eigenvalue weighted by molar-refractivity contribution is 5.84.